The highest BCUT2D eigenvalue weighted by atomic mass is 16.5. The van der Waals surface area contributed by atoms with E-state index in [1.54, 1.807) is 12.1 Å². The highest BCUT2D eigenvalue weighted by molar-refractivity contribution is 5.99. The Hall–Kier alpha value is -2.08. The summed E-state index contributed by atoms with van der Waals surface area (Å²) in [6.45, 7) is 10.2. The van der Waals surface area contributed by atoms with Crippen LogP contribution in [0.3, 0.4) is 0 Å². The molecule has 2 saturated heterocycles. The van der Waals surface area contributed by atoms with Crippen LogP contribution >= 0.6 is 0 Å². The number of nitrogens with zero attached hydrogens (tertiary/aromatic N) is 2. The molecule has 2 heterocycles. The lowest BCUT2D eigenvalue weighted by molar-refractivity contribution is -0.136. The zero-order chi connectivity index (χ0) is 20.8. The van der Waals surface area contributed by atoms with Crippen molar-refractivity contribution in [2.45, 2.75) is 58.5 Å². The minimum absolute atomic E-state index is 0.0119. The second kappa shape index (κ2) is 10.1. The predicted octanol–water partition coefficient (Wildman–Crippen LogP) is 2.93. The largest absolute Gasteiger partial charge is 0.493 e. The Balaban J connectivity index is 1.69. The molecule has 0 bridgehead atoms. The van der Waals surface area contributed by atoms with E-state index in [0.717, 1.165) is 39.0 Å². The molecule has 6 heteroatoms. The monoisotopic (exact) mass is 401 g/mol. The maximum atomic E-state index is 13.3. The van der Waals surface area contributed by atoms with Crippen LogP contribution in [0.15, 0.2) is 24.3 Å². The molecule has 2 unspecified atom stereocenters. The molecule has 1 N–H and O–H groups in total. The lowest BCUT2D eigenvalue weighted by atomic mass is 9.98. The van der Waals surface area contributed by atoms with Gasteiger partial charge >= 0.3 is 0 Å². The van der Waals surface area contributed by atoms with Gasteiger partial charge in [-0.2, -0.15) is 0 Å². The Bertz CT molecular complexity index is 700. The quantitative estimate of drug-likeness (QED) is 0.763. The summed E-state index contributed by atoms with van der Waals surface area (Å²) in [6.07, 6.45) is 4.70. The fourth-order valence-corrected chi connectivity index (χ4v) is 4.42. The number of likely N-dealkylation sites (tertiary alicyclic amines) is 2. The molecule has 0 radical (unpaired) electrons. The van der Waals surface area contributed by atoms with E-state index in [2.05, 4.69) is 10.2 Å². The summed E-state index contributed by atoms with van der Waals surface area (Å²) in [5.41, 5.74) is 0.474. The van der Waals surface area contributed by atoms with Gasteiger partial charge in [0.1, 0.15) is 11.8 Å². The molecule has 29 heavy (non-hydrogen) atoms. The molecule has 2 aliphatic heterocycles. The lowest BCUT2D eigenvalue weighted by Gasteiger charge is -2.39. The number of hydrogen-bond acceptors (Lipinski definition) is 4. The molecule has 6 nitrogen and oxygen atoms in total. The van der Waals surface area contributed by atoms with Crippen LogP contribution in [0.1, 0.15) is 56.8 Å². The van der Waals surface area contributed by atoms with Crippen LogP contribution in [-0.2, 0) is 4.79 Å². The minimum Gasteiger partial charge on any atom is -0.493 e. The standard InChI is InChI=1S/C23H35N3O3/c1-4-29-20-12-6-5-11-19(20)22(27)24-21(17(2)3)23(28)26-15-9-10-18(16-26)25-13-7-8-14-25/h5-6,11-12,17-18,21H,4,7-10,13-16H2,1-3H3,(H,24,27). The highest BCUT2D eigenvalue weighted by Gasteiger charge is 2.34. The second-order valence-corrected chi connectivity index (χ2v) is 8.45. The van der Waals surface area contributed by atoms with Gasteiger partial charge in [0.05, 0.1) is 12.2 Å². The number of carbonyl (C=O) groups excluding carboxylic acids is 2. The summed E-state index contributed by atoms with van der Waals surface area (Å²) in [5, 5.41) is 2.99. The smallest absolute Gasteiger partial charge is 0.255 e. The van der Waals surface area contributed by atoms with Crippen molar-refractivity contribution >= 4 is 11.8 Å². The number of para-hydroxylation sites is 1. The number of carbonyl (C=O) groups is 2. The Morgan fingerprint density at radius 3 is 2.55 bits per heavy atom. The third-order valence-corrected chi connectivity index (χ3v) is 6.02. The van der Waals surface area contributed by atoms with Crippen LogP contribution in [0.25, 0.3) is 0 Å². The van der Waals surface area contributed by atoms with E-state index >= 15 is 0 Å². The number of piperidine rings is 1. The number of amides is 2. The van der Waals surface area contributed by atoms with Gasteiger partial charge in [0.2, 0.25) is 5.91 Å². The Kier molecular flexibility index (Phi) is 7.53. The molecular weight excluding hydrogens is 366 g/mol. The van der Waals surface area contributed by atoms with Crippen molar-refractivity contribution in [2.75, 3.05) is 32.8 Å². The van der Waals surface area contributed by atoms with Crippen LogP contribution in [-0.4, -0.2) is 66.5 Å². The summed E-state index contributed by atoms with van der Waals surface area (Å²) in [4.78, 5) is 30.8. The van der Waals surface area contributed by atoms with Crippen LogP contribution < -0.4 is 10.1 Å². The Labute approximate surface area is 174 Å². The summed E-state index contributed by atoms with van der Waals surface area (Å²) in [5.74, 6) is 0.340. The number of benzene rings is 1. The van der Waals surface area contributed by atoms with Gasteiger partial charge < -0.3 is 15.0 Å². The van der Waals surface area contributed by atoms with Crippen molar-refractivity contribution in [1.29, 1.82) is 0 Å². The van der Waals surface area contributed by atoms with Crippen molar-refractivity contribution in [2.24, 2.45) is 5.92 Å². The molecule has 2 atom stereocenters. The van der Waals surface area contributed by atoms with E-state index in [4.69, 9.17) is 4.74 Å². The Morgan fingerprint density at radius 1 is 1.14 bits per heavy atom. The van der Waals surface area contributed by atoms with Crippen LogP contribution in [0, 0.1) is 5.92 Å². The first-order valence-corrected chi connectivity index (χ1v) is 11.1. The van der Waals surface area contributed by atoms with Crippen LogP contribution in [0.5, 0.6) is 5.75 Å². The van der Waals surface area contributed by atoms with Crippen LogP contribution in [0.4, 0.5) is 0 Å². The van der Waals surface area contributed by atoms with Gasteiger partial charge in [-0.3, -0.25) is 14.5 Å². The molecule has 2 fully saturated rings. The maximum Gasteiger partial charge on any atom is 0.255 e. The predicted molar refractivity (Wildman–Crippen MR) is 114 cm³/mol. The third kappa shape index (κ3) is 5.30. The molecule has 0 spiro atoms. The molecule has 0 aliphatic carbocycles. The van der Waals surface area contributed by atoms with E-state index in [-0.39, 0.29) is 17.7 Å². The summed E-state index contributed by atoms with van der Waals surface area (Å²) in [7, 11) is 0. The molecule has 2 amide bonds. The van der Waals surface area contributed by atoms with E-state index in [1.165, 1.54) is 12.8 Å². The van der Waals surface area contributed by atoms with Crippen molar-refractivity contribution < 1.29 is 14.3 Å². The maximum absolute atomic E-state index is 13.3. The van der Waals surface area contributed by atoms with Crippen molar-refractivity contribution in [3.05, 3.63) is 29.8 Å². The van der Waals surface area contributed by atoms with E-state index in [1.807, 2.05) is 37.8 Å². The second-order valence-electron chi connectivity index (χ2n) is 8.45. The zero-order valence-corrected chi connectivity index (χ0v) is 18.0. The average Bonchev–Trinajstić information content (AvgIpc) is 3.27. The van der Waals surface area contributed by atoms with Crippen LogP contribution in [0.2, 0.25) is 0 Å². The zero-order valence-electron chi connectivity index (χ0n) is 18.0. The summed E-state index contributed by atoms with van der Waals surface area (Å²) in [6, 6.07) is 7.11. The number of nitrogens with one attached hydrogen (secondary N) is 1. The van der Waals surface area contributed by atoms with Gasteiger partial charge in [0.15, 0.2) is 0 Å². The highest BCUT2D eigenvalue weighted by Crippen LogP contribution is 2.23. The fourth-order valence-electron chi connectivity index (χ4n) is 4.42. The SMILES string of the molecule is CCOc1ccccc1C(=O)NC(C(=O)N1CCCC(N2CCCC2)C1)C(C)C. The van der Waals surface area contributed by atoms with Gasteiger partial charge in [-0.15, -0.1) is 0 Å². The van der Waals surface area contributed by atoms with Gasteiger partial charge in [-0.25, -0.2) is 0 Å². The first-order chi connectivity index (χ1) is 14.0. The number of ether oxygens (including phenoxy) is 1. The van der Waals surface area contributed by atoms with Gasteiger partial charge in [0.25, 0.3) is 5.91 Å². The number of hydrogen-bond donors (Lipinski definition) is 1. The molecular formula is C23H35N3O3. The minimum atomic E-state index is -0.533. The molecule has 0 aromatic heterocycles. The van der Waals surface area contributed by atoms with Crippen molar-refractivity contribution in [3.8, 4) is 5.75 Å². The molecule has 3 rings (SSSR count). The summed E-state index contributed by atoms with van der Waals surface area (Å²) >= 11 is 0. The van der Waals surface area contributed by atoms with Gasteiger partial charge in [-0.05, 0) is 63.7 Å². The fraction of sp³-hybridized carbons (Fsp3) is 0.652. The third-order valence-electron chi connectivity index (χ3n) is 6.02. The topological polar surface area (TPSA) is 61.9 Å². The Morgan fingerprint density at radius 2 is 1.86 bits per heavy atom. The van der Waals surface area contributed by atoms with Crippen molar-refractivity contribution in [1.82, 2.24) is 15.1 Å². The van der Waals surface area contributed by atoms with Gasteiger partial charge in [0, 0.05) is 19.1 Å². The molecule has 1 aromatic rings. The molecule has 0 saturated carbocycles. The van der Waals surface area contributed by atoms with E-state index in [0.29, 0.717) is 24.0 Å². The first kappa shape index (κ1) is 21.6. The van der Waals surface area contributed by atoms with Gasteiger partial charge in [-0.1, -0.05) is 26.0 Å². The first-order valence-electron chi connectivity index (χ1n) is 11.1. The normalized spacial score (nSPS) is 21.2. The van der Waals surface area contributed by atoms with E-state index in [9.17, 15) is 9.59 Å². The van der Waals surface area contributed by atoms with Crippen molar-refractivity contribution in [3.63, 3.8) is 0 Å². The molecule has 160 valence electrons. The average molecular weight is 402 g/mol. The molecule has 2 aliphatic rings. The molecule has 1 aromatic carbocycles. The number of rotatable bonds is 7. The lowest BCUT2D eigenvalue weighted by Crippen LogP contribution is -2.56. The summed E-state index contributed by atoms with van der Waals surface area (Å²) < 4.78 is 5.59. The van der Waals surface area contributed by atoms with E-state index < -0.39 is 6.04 Å².